The van der Waals surface area contributed by atoms with Gasteiger partial charge in [0, 0.05) is 18.5 Å². The third kappa shape index (κ3) is 2.40. The van der Waals surface area contributed by atoms with E-state index in [1.54, 1.807) is 0 Å². The van der Waals surface area contributed by atoms with E-state index in [4.69, 9.17) is 0 Å². The molecule has 2 aliphatic rings. The summed E-state index contributed by atoms with van der Waals surface area (Å²) in [5, 5.41) is 3.25. The van der Waals surface area contributed by atoms with Gasteiger partial charge in [0.25, 0.3) is 0 Å². The number of carbonyl (C=O) groups is 1. The van der Waals surface area contributed by atoms with Crippen LogP contribution in [0.25, 0.3) is 0 Å². The molecule has 1 N–H and O–H groups in total. The first kappa shape index (κ1) is 11.9. The van der Waals surface area contributed by atoms with Crippen LogP contribution in [0.1, 0.15) is 39.5 Å². The highest BCUT2D eigenvalue weighted by Gasteiger charge is 2.33. The van der Waals surface area contributed by atoms with Gasteiger partial charge in [0.05, 0.1) is 0 Å². The summed E-state index contributed by atoms with van der Waals surface area (Å²) in [6.07, 6.45) is 4.94. The van der Waals surface area contributed by atoms with Crippen molar-refractivity contribution >= 4 is 5.91 Å². The average Bonchev–Trinajstić information content (AvgIpc) is 2.39. The van der Waals surface area contributed by atoms with Crippen LogP contribution in [-0.2, 0) is 4.79 Å². The minimum atomic E-state index is 0.210. The lowest BCUT2D eigenvalue weighted by atomic mass is 9.87. The van der Waals surface area contributed by atoms with Crippen molar-refractivity contribution in [3.05, 3.63) is 0 Å². The SMILES string of the molecule is CC(C(=O)N1CCCCCC1C)C1CNC1. The van der Waals surface area contributed by atoms with Gasteiger partial charge in [-0.2, -0.15) is 0 Å². The quantitative estimate of drug-likeness (QED) is 0.773. The number of likely N-dealkylation sites (tertiary alicyclic amines) is 1. The fourth-order valence-electron chi connectivity index (χ4n) is 2.73. The Morgan fingerprint density at radius 2 is 2.06 bits per heavy atom. The second kappa shape index (κ2) is 5.17. The molecule has 0 aromatic rings. The maximum atomic E-state index is 12.4. The predicted octanol–water partition coefficient (Wildman–Crippen LogP) is 1.63. The maximum Gasteiger partial charge on any atom is 0.226 e. The molecule has 16 heavy (non-hydrogen) atoms. The normalized spacial score (nSPS) is 29.4. The molecule has 92 valence electrons. The lowest BCUT2D eigenvalue weighted by Gasteiger charge is -2.36. The van der Waals surface area contributed by atoms with Crippen molar-refractivity contribution in [2.45, 2.75) is 45.6 Å². The minimum Gasteiger partial charge on any atom is -0.340 e. The number of carbonyl (C=O) groups excluding carboxylic acids is 1. The summed E-state index contributed by atoms with van der Waals surface area (Å²) in [5.41, 5.74) is 0. The van der Waals surface area contributed by atoms with Crippen molar-refractivity contribution in [1.82, 2.24) is 10.2 Å². The van der Waals surface area contributed by atoms with E-state index in [1.165, 1.54) is 25.7 Å². The fraction of sp³-hybridized carbons (Fsp3) is 0.923. The molecule has 0 spiro atoms. The van der Waals surface area contributed by atoms with E-state index < -0.39 is 0 Å². The molecule has 2 rings (SSSR count). The third-order valence-electron chi connectivity index (χ3n) is 4.25. The van der Waals surface area contributed by atoms with Crippen molar-refractivity contribution in [3.8, 4) is 0 Å². The maximum absolute atomic E-state index is 12.4. The van der Waals surface area contributed by atoms with Gasteiger partial charge in [-0.25, -0.2) is 0 Å². The molecule has 1 amide bonds. The molecular weight excluding hydrogens is 200 g/mol. The first-order valence-corrected chi connectivity index (χ1v) is 6.71. The van der Waals surface area contributed by atoms with Crippen molar-refractivity contribution in [1.29, 1.82) is 0 Å². The first-order valence-electron chi connectivity index (χ1n) is 6.71. The Kier molecular flexibility index (Phi) is 3.85. The zero-order valence-electron chi connectivity index (χ0n) is 10.5. The Labute approximate surface area is 98.6 Å². The summed E-state index contributed by atoms with van der Waals surface area (Å²) in [6, 6.07) is 0.450. The molecule has 2 unspecified atom stereocenters. The van der Waals surface area contributed by atoms with E-state index >= 15 is 0 Å². The van der Waals surface area contributed by atoms with E-state index in [0.29, 0.717) is 17.9 Å². The highest BCUT2D eigenvalue weighted by molar-refractivity contribution is 5.79. The summed E-state index contributed by atoms with van der Waals surface area (Å²) < 4.78 is 0. The van der Waals surface area contributed by atoms with Crippen LogP contribution >= 0.6 is 0 Å². The first-order chi connectivity index (χ1) is 7.70. The predicted molar refractivity (Wildman–Crippen MR) is 65.2 cm³/mol. The number of nitrogens with zero attached hydrogens (tertiary/aromatic N) is 1. The van der Waals surface area contributed by atoms with Crippen molar-refractivity contribution < 1.29 is 4.79 Å². The van der Waals surface area contributed by atoms with E-state index in [-0.39, 0.29) is 5.92 Å². The zero-order chi connectivity index (χ0) is 11.5. The van der Waals surface area contributed by atoms with Gasteiger partial charge in [-0.3, -0.25) is 4.79 Å². The minimum absolute atomic E-state index is 0.210. The number of nitrogens with one attached hydrogen (secondary N) is 1. The molecule has 3 nitrogen and oxygen atoms in total. The Hall–Kier alpha value is -0.570. The van der Waals surface area contributed by atoms with E-state index in [0.717, 1.165) is 19.6 Å². The second-order valence-electron chi connectivity index (χ2n) is 5.44. The lowest BCUT2D eigenvalue weighted by Crippen LogP contribution is -2.51. The standard InChI is InChI=1S/C13H24N2O/c1-10-6-4-3-5-7-15(10)13(16)11(2)12-8-14-9-12/h10-12,14H,3-9H2,1-2H3. The molecule has 2 aliphatic heterocycles. The third-order valence-corrected chi connectivity index (χ3v) is 4.25. The smallest absolute Gasteiger partial charge is 0.226 e. The Bertz CT molecular complexity index is 250. The van der Waals surface area contributed by atoms with Crippen LogP contribution in [0.5, 0.6) is 0 Å². The molecule has 0 radical (unpaired) electrons. The number of hydrogen-bond donors (Lipinski definition) is 1. The van der Waals surface area contributed by atoms with Gasteiger partial charge in [-0.15, -0.1) is 0 Å². The highest BCUT2D eigenvalue weighted by Crippen LogP contribution is 2.23. The van der Waals surface area contributed by atoms with Crippen LogP contribution in [0.3, 0.4) is 0 Å². The Morgan fingerprint density at radius 3 is 2.69 bits per heavy atom. The number of hydrogen-bond acceptors (Lipinski definition) is 2. The topological polar surface area (TPSA) is 32.3 Å². The fourth-order valence-corrected chi connectivity index (χ4v) is 2.73. The van der Waals surface area contributed by atoms with E-state index in [2.05, 4.69) is 24.1 Å². The van der Waals surface area contributed by atoms with Crippen molar-refractivity contribution in [2.24, 2.45) is 11.8 Å². The second-order valence-corrected chi connectivity index (χ2v) is 5.44. The van der Waals surface area contributed by atoms with Crippen molar-refractivity contribution in [3.63, 3.8) is 0 Å². The molecule has 2 saturated heterocycles. The summed E-state index contributed by atoms with van der Waals surface area (Å²) in [5.74, 6) is 1.17. The summed E-state index contributed by atoms with van der Waals surface area (Å²) in [6.45, 7) is 7.33. The van der Waals surface area contributed by atoms with E-state index in [9.17, 15) is 4.79 Å². The van der Waals surface area contributed by atoms with E-state index in [1.807, 2.05) is 0 Å². The van der Waals surface area contributed by atoms with Crippen LogP contribution in [0.4, 0.5) is 0 Å². The van der Waals surface area contributed by atoms with Crippen LogP contribution < -0.4 is 5.32 Å². The highest BCUT2D eigenvalue weighted by atomic mass is 16.2. The van der Waals surface area contributed by atoms with Gasteiger partial charge in [0.15, 0.2) is 0 Å². The van der Waals surface area contributed by atoms with Gasteiger partial charge < -0.3 is 10.2 Å². The molecule has 0 aromatic heterocycles. The summed E-state index contributed by atoms with van der Waals surface area (Å²) in [7, 11) is 0. The molecule has 2 atom stereocenters. The molecule has 0 aromatic carbocycles. The molecule has 2 heterocycles. The largest absolute Gasteiger partial charge is 0.340 e. The molecule has 0 aliphatic carbocycles. The molecule has 0 saturated carbocycles. The molecular formula is C13H24N2O. The van der Waals surface area contributed by atoms with Gasteiger partial charge in [-0.05, 0) is 38.8 Å². The van der Waals surface area contributed by atoms with Crippen molar-refractivity contribution in [2.75, 3.05) is 19.6 Å². The van der Waals surface area contributed by atoms with Crippen LogP contribution in [-0.4, -0.2) is 36.5 Å². The molecule has 0 bridgehead atoms. The monoisotopic (exact) mass is 224 g/mol. The summed E-state index contributed by atoms with van der Waals surface area (Å²) >= 11 is 0. The number of amides is 1. The van der Waals surface area contributed by atoms with Gasteiger partial charge in [0.1, 0.15) is 0 Å². The van der Waals surface area contributed by atoms with Gasteiger partial charge in [-0.1, -0.05) is 19.8 Å². The Morgan fingerprint density at radius 1 is 1.31 bits per heavy atom. The Balaban J connectivity index is 1.95. The van der Waals surface area contributed by atoms with Gasteiger partial charge in [0.2, 0.25) is 5.91 Å². The van der Waals surface area contributed by atoms with Crippen LogP contribution in [0.15, 0.2) is 0 Å². The van der Waals surface area contributed by atoms with Gasteiger partial charge >= 0.3 is 0 Å². The lowest BCUT2D eigenvalue weighted by molar-refractivity contribution is -0.139. The summed E-state index contributed by atoms with van der Waals surface area (Å²) in [4.78, 5) is 14.5. The molecule has 2 fully saturated rings. The average molecular weight is 224 g/mol. The van der Waals surface area contributed by atoms with Crippen LogP contribution in [0, 0.1) is 11.8 Å². The van der Waals surface area contributed by atoms with Crippen LogP contribution in [0.2, 0.25) is 0 Å². The zero-order valence-corrected chi connectivity index (χ0v) is 10.5. The molecule has 3 heteroatoms. The number of rotatable bonds is 2.